The third-order valence-corrected chi connectivity index (χ3v) is 3.36. The molecule has 0 aromatic rings. The van der Waals surface area contributed by atoms with Crippen molar-refractivity contribution in [3.63, 3.8) is 0 Å². The Labute approximate surface area is 98.6 Å². The number of nitrogens with two attached hydrogens (primary N) is 1. The number of carbonyl (C=O) groups is 1. The van der Waals surface area contributed by atoms with E-state index in [1.165, 1.54) is 12.8 Å². The summed E-state index contributed by atoms with van der Waals surface area (Å²) in [6.07, 6.45) is 2.95. The predicted octanol–water partition coefficient (Wildman–Crippen LogP) is 0.429. The maximum Gasteiger partial charge on any atom is 0.220 e. The Morgan fingerprint density at radius 3 is 2.69 bits per heavy atom. The van der Waals surface area contributed by atoms with Gasteiger partial charge >= 0.3 is 0 Å². The van der Waals surface area contributed by atoms with Gasteiger partial charge in [0.2, 0.25) is 5.91 Å². The van der Waals surface area contributed by atoms with Crippen LogP contribution in [-0.2, 0) is 4.79 Å². The Morgan fingerprint density at radius 1 is 1.50 bits per heavy atom. The molecule has 1 unspecified atom stereocenters. The number of nitrogens with zero attached hydrogens (tertiary/aromatic N) is 1. The Hall–Kier alpha value is -0.610. The van der Waals surface area contributed by atoms with Crippen molar-refractivity contribution in [2.75, 3.05) is 33.2 Å². The first-order valence-electron chi connectivity index (χ1n) is 6.27. The molecule has 0 radical (unpaired) electrons. The second-order valence-electron chi connectivity index (χ2n) is 5.10. The Morgan fingerprint density at radius 2 is 2.12 bits per heavy atom. The SMILES string of the molecule is CC(CN)CC(=O)NCC1CCN(C)CC1. The Bertz CT molecular complexity index is 212. The van der Waals surface area contributed by atoms with E-state index in [0.717, 1.165) is 19.6 Å². The summed E-state index contributed by atoms with van der Waals surface area (Å²) in [6.45, 7) is 5.74. The second kappa shape index (κ2) is 6.86. The van der Waals surface area contributed by atoms with E-state index in [2.05, 4.69) is 17.3 Å². The van der Waals surface area contributed by atoms with Crippen LogP contribution in [0.4, 0.5) is 0 Å². The number of hydrogen-bond donors (Lipinski definition) is 2. The molecule has 1 aliphatic rings. The van der Waals surface area contributed by atoms with Crippen LogP contribution in [0.3, 0.4) is 0 Å². The summed E-state index contributed by atoms with van der Waals surface area (Å²) < 4.78 is 0. The van der Waals surface area contributed by atoms with Gasteiger partial charge in [-0.15, -0.1) is 0 Å². The van der Waals surface area contributed by atoms with Gasteiger partial charge in [-0.1, -0.05) is 6.92 Å². The normalized spacial score (nSPS) is 20.7. The lowest BCUT2D eigenvalue weighted by molar-refractivity contribution is -0.122. The summed E-state index contributed by atoms with van der Waals surface area (Å²) in [5, 5.41) is 3.02. The highest BCUT2D eigenvalue weighted by molar-refractivity contribution is 5.76. The average molecular weight is 227 g/mol. The molecule has 16 heavy (non-hydrogen) atoms. The molecular weight excluding hydrogens is 202 g/mol. The standard InChI is InChI=1S/C12H25N3O/c1-10(8-13)7-12(16)14-9-11-3-5-15(2)6-4-11/h10-11H,3-9,13H2,1-2H3,(H,14,16). The first-order valence-corrected chi connectivity index (χ1v) is 6.27. The van der Waals surface area contributed by atoms with Crippen molar-refractivity contribution in [1.29, 1.82) is 0 Å². The summed E-state index contributed by atoms with van der Waals surface area (Å²) >= 11 is 0. The molecule has 1 atom stereocenters. The quantitative estimate of drug-likeness (QED) is 0.716. The monoisotopic (exact) mass is 227 g/mol. The molecule has 0 aromatic heterocycles. The van der Waals surface area contributed by atoms with E-state index in [1.807, 2.05) is 6.92 Å². The lowest BCUT2D eigenvalue weighted by atomic mass is 9.97. The average Bonchev–Trinajstić information content (AvgIpc) is 2.28. The molecule has 1 saturated heterocycles. The maximum atomic E-state index is 11.5. The van der Waals surface area contributed by atoms with Gasteiger partial charge in [0, 0.05) is 13.0 Å². The number of likely N-dealkylation sites (tertiary alicyclic amines) is 1. The zero-order valence-corrected chi connectivity index (χ0v) is 10.5. The third-order valence-electron chi connectivity index (χ3n) is 3.36. The summed E-state index contributed by atoms with van der Waals surface area (Å²) in [4.78, 5) is 13.9. The van der Waals surface area contributed by atoms with Gasteiger partial charge in [0.05, 0.1) is 0 Å². The fourth-order valence-electron chi connectivity index (χ4n) is 2.00. The number of nitrogens with one attached hydrogen (secondary N) is 1. The number of piperidine rings is 1. The van der Waals surface area contributed by atoms with Crippen molar-refractivity contribution in [1.82, 2.24) is 10.2 Å². The molecular formula is C12H25N3O. The van der Waals surface area contributed by atoms with Crippen LogP contribution in [0.5, 0.6) is 0 Å². The molecule has 0 aliphatic carbocycles. The third kappa shape index (κ3) is 4.94. The Kier molecular flexibility index (Phi) is 5.77. The maximum absolute atomic E-state index is 11.5. The van der Waals surface area contributed by atoms with E-state index in [9.17, 15) is 4.79 Å². The molecule has 0 aromatic carbocycles. The fourth-order valence-corrected chi connectivity index (χ4v) is 2.00. The molecule has 1 rings (SSSR count). The van der Waals surface area contributed by atoms with Crippen molar-refractivity contribution in [3.05, 3.63) is 0 Å². The smallest absolute Gasteiger partial charge is 0.220 e. The largest absolute Gasteiger partial charge is 0.356 e. The number of amides is 1. The van der Waals surface area contributed by atoms with Gasteiger partial charge in [0.25, 0.3) is 0 Å². The lowest BCUT2D eigenvalue weighted by Gasteiger charge is -2.29. The molecule has 1 heterocycles. The molecule has 1 amide bonds. The van der Waals surface area contributed by atoms with Gasteiger partial charge in [-0.05, 0) is 51.4 Å². The summed E-state index contributed by atoms with van der Waals surface area (Å²) in [7, 11) is 2.15. The van der Waals surface area contributed by atoms with Gasteiger partial charge in [-0.3, -0.25) is 4.79 Å². The molecule has 3 N–H and O–H groups in total. The molecule has 1 aliphatic heterocycles. The van der Waals surface area contributed by atoms with Crippen LogP contribution in [0, 0.1) is 11.8 Å². The van der Waals surface area contributed by atoms with Crippen LogP contribution in [0.25, 0.3) is 0 Å². The highest BCUT2D eigenvalue weighted by Crippen LogP contribution is 2.14. The van der Waals surface area contributed by atoms with E-state index in [4.69, 9.17) is 5.73 Å². The van der Waals surface area contributed by atoms with Gasteiger partial charge in [-0.2, -0.15) is 0 Å². The first kappa shape index (κ1) is 13.5. The molecule has 4 nitrogen and oxygen atoms in total. The van der Waals surface area contributed by atoms with E-state index >= 15 is 0 Å². The zero-order chi connectivity index (χ0) is 12.0. The highest BCUT2D eigenvalue weighted by atomic mass is 16.1. The molecule has 4 heteroatoms. The van der Waals surface area contributed by atoms with Crippen LogP contribution < -0.4 is 11.1 Å². The number of rotatable bonds is 5. The van der Waals surface area contributed by atoms with Crippen molar-refractivity contribution in [2.24, 2.45) is 17.6 Å². The van der Waals surface area contributed by atoms with Crippen LogP contribution in [0.1, 0.15) is 26.2 Å². The minimum atomic E-state index is 0.150. The summed E-state index contributed by atoms with van der Waals surface area (Å²) in [5.41, 5.74) is 5.49. The second-order valence-corrected chi connectivity index (χ2v) is 5.10. The Balaban J connectivity index is 2.12. The van der Waals surface area contributed by atoms with Crippen LogP contribution in [0.15, 0.2) is 0 Å². The minimum absolute atomic E-state index is 0.150. The van der Waals surface area contributed by atoms with Crippen molar-refractivity contribution in [3.8, 4) is 0 Å². The lowest BCUT2D eigenvalue weighted by Crippen LogP contribution is -2.37. The van der Waals surface area contributed by atoms with E-state index in [1.54, 1.807) is 0 Å². The van der Waals surface area contributed by atoms with Crippen molar-refractivity contribution in [2.45, 2.75) is 26.2 Å². The van der Waals surface area contributed by atoms with E-state index in [-0.39, 0.29) is 11.8 Å². The predicted molar refractivity (Wildman–Crippen MR) is 66.1 cm³/mol. The topological polar surface area (TPSA) is 58.4 Å². The zero-order valence-electron chi connectivity index (χ0n) is 10.5. The van der Waals surface area contributed by atoms with Gasteiger partial charge in [0.1, 0.15) is 0 Å². The van der Waals surface area contributed by atoms with Crippen LogP contribution in [0.2, 0.25) is 0 Å². The summed E-state index contributed by atoms with van der Waals surface area (Å²) in [6, 6.07) is 0. The highest BCUT2D eigenvalue weighted by Gasteiger charge is 2.17. The molecule has 1 fully saturated rings. The van der Waals surface area contributed by atoms with Crippen LogP contribution in [-0.4, -0.2) is 44.0 Å². The van der Waals surface area contributed by atoms with Gasteiger partial charge < -0.3 is 16.0 Å². The van der Waals surface area contributed by atoms with Crippen LogP contribution >= 0.6 is 0 Å². The molecule has 0 bridgehead atoms. The van der Waals surface area contributed by atoms with E-state index in [0.29, 0.717) is 18.9 Å². The fraction of sp³-hybridized carbons (Fsp3) is 0.917. The number of carbonyl (C=O) groups excluding carboxylic acids is 1. The van der Waals surface area contributed by atoms with E-state index < -0.39 is 0 Å². The first-order chi connectivity index (χ1) is 7.61. The molecule has 0 spiro atoms. The molecule has 94 valence electrons. The minimum Gasteiger partial charge on any atom is -0.356 e. The molecule has 0 saturated carbocycles. The van der Waals surface area contributed by atoms with Gasteiger partial charge in [0.15, 0.2) is 0 Å². The van der Waals surface area contributed by atoms with Gasteiger partial charge in [-0.25, -0.2) is 0 Å². The summed E-state index contributed by atoms with van der Waals surface area (Å²) in [5.74, 6) is 1.10. The number of hydrogen-bond acceptors (Lipinski definition) is 3. The van der Waals surface area contributed by atoms with Crippen molar-refractivity contribution < 1.29 is 4.79 Å². The van der Waals surface area contributed by atoms with Crippen molar-refractivity contribution >= 4 is 5.91 Å².